The SMILES string of the molecule is CCC(C)(C)CCN1CCCC(CNC(=O)C2CCCN2)C1. The molecule has 22 heavy (non-hydrogen) atoms. The molecule has 4 nitrogen and oxygen atoms in total. The first-order valence-electron chi connectivity index (χ1n) is 9.23. The quantitative estimate of drug-likeness (QED) is 0.759. The number of nitrogens with zero attached hydrogens (tertiary/aromatic N) is 1. The summed E-state index contributed by atoms with van der Waals surface area (Å²) in [5.74, 6) is 0.839. The average molecular weight is 309 g/mol. The van der Waals surface area contributed by atoms with Crippen LogP contribution < -0.4 is 10.6 Å². The van der Waals surface area contributed by atoms with E-state index in [1.807, 2.05) is 0 Å². The van der Waals surface area contributed by atoms with Gasteiger partial charge in [0.2, 0.25) is 5.91 Å². The van der Waals surface area contributed by atoms with Crippen molar-refractivity contribution in [3.05, 3.63) is 0 Å². The lowest BCUT2D eigenvalue weighted by Crippen LogP contribution is -2.45. The number of hydrogen-bond donors (Lipinski definition) is 2. The smallest absolute Gasteiger partial charge is 0.237 e. The Labute approximate surface area is 136 Å². The number of carbonyl (C=O) groups is 1. The molecule has 2 N–H and O–H groups in total. The van der Waals surface area contributed by atoms with Crippen LogP contribution in [0, 0.1) is 11.3 Å². The second-order valence-electron chi connectivity index (χ2n) is 7.97. The van der Waals surface area contributed by atoms with Crippen molar-refractivity contribution >= 4 is 5.91 Å². The normalized spacial score (nSPS) is 27.0. The van der Waals surface area contributed by atoms with Crippen molar-refractivity contribution in [1.82, 2.24) is 15.5 Å². The first-order valence-corrected chi connectivity index (χ1v) is 9.23. The summed E-state index contributed by atoms with van der Waals surface area (Å²) >= 11 is 0. The lowest BCUT2D eigenvalue weighted by molar-refractivity contribution is -0.123. The number of likely N-dealkylation sites (tertiary alicyclic amines) is 1. The Hall–Kier alpha value is -0.610. The van der Waals surface area contributed by atoms with E-state index < -0.39 is 0 Å². The maximum Gasteiger partial charge on any atom is 0.237 e. The third-order valence-corrected chi connectivity index (χ3v) is 5.61. The van der Waals surface area contributed by atoms with Crippen LogP contribution in [0.25, 0.3) is 0 Å². The zero-order valence-electron chi connectivity index (χ0n) is 14.8. The molecule has 0 spiro atoms. The molecule has 0 aromatic heterocycles. The third kappa shape index (κ3) is 5.54. The van der Waals surface area contributed by atoms with Crippen molar-refractivity contribution in [2.24, 2.45) is 11.3 Å². The minimum absolute atomic E-state index is 0.0602. The van der Waals surface area contributed by atoms with Gasteiger partial charge in [0.15, 0.2) is 0 Å². The Balaban J connectivity index is 1.68. The van der Waals surface area contributed by atoms with E-state index in [9.17, 15) is 4.79 Å². The van der Waals surface area contributed by atoms with Gasteiger partial charge in [-0.25, -0.2) is 0 Å². The van der Waals surface area contributed by atoms with Gasteiger partial charge in [0.05, 0.1) is 6.04 Å². The second kappa shape index (κ2) is 8.30. The lowest BCUT2D eigenvalue weighted by Gasteiger charge is -2.35. The predicted molar refractivity (Wildman–Crippen MR) is 91.9 cm³/mol. The Morgan fingerprint density at radius 3 is 2.82 bits per heavy atom. The van der Waals surface area contributed by atoms with Crippen LogP contribution in [0.15, 0.2) is 0 Å². The molecule has 0 radical (unpaired) electrons. The highest BCUT2D eigenvalue weighted by molar-refractivity contribution is 5.81. The summed E-state index contributed by atoms with van der Waals surface area (Å²) in [6, 6.07) is 0.0602. The van der Waals surface area contributed by atoms with Crippen LogP contribution >= 0.6 is 0 Å². The molecule has 2 saturated heterocycles. The van der Waals surface area contributed by atoms with Crippen LogP contribution in [0.5, 0.6) is 0 Å². The number of hydrogen-bond acceptors (Lipinski definition) is 3. The van der Waals surface area contributed by atoms with Gasteiger partial charge in [-0.15, -0.1) is 0 Å². The van der Waals surface area contributed by atoms with Crippen LogP contribution in [0.2, 0.25) is 0 Å². The van der Waals surface area contributed by atoms with Crippen molar-refractivity contribution in [1.29, 1.82) is 0 Å². The van der Waals surface area contributed by atoms with E-state index in [1.165, 1.54) is 38.8 Å². The van der Waals surface area contributed by atoms with Gasteiger partial charge in [-0.3, -0.25) is 4.79 Å². The molecule has 2 aliphatic heterocycles. The summed E-state index contributed by atoms with van der Waals surface area (Å²) in [4.78, 5) is 14.7. The Morgan fingerprint density at radius 2 is 2.14 bits per heavy atom. The molecular weight excluding hydrogens is 274 g/mol. The number of nitrogens with one attached hydrogen (secondary N) is 2. The van der Waals surface area contributed by atoms with Crippen molar-refractivity contribution in [3.63, 3.8) is 0 Å². The van der Waals surface area contributed by atoms with Gasteiger partial charge in [-0.05, 0) is 63.1 Å². The van der Waals surface area contributed by atoms with Gasteiger partial charge < -0.3 is 15.5 Å². The van der Waals surface area contributed by atoms with Crippen molar-refractivity contribution in [2.45, 2.75) is 65.3 Å². The van der Waals surface area contributed by atoms with Crippen molar-refractivity contribution < 1.29 is 4.79 Å². The number of piperidine rings is 1. The van der Waals surface area contributed by atoms with Gasteiger partial charge >= 0.3 is 0 Å². The zero-order valence-corrected chi connectivity index (χ0v) is 14.8. The first-order chi connectivity index (χ1) is 10.5. The predicted octanol–water partition coefficient (Wildman–Crippen LogP) is 2.39. The largest absolute Gasteiger partial charge is 0.354 e. The van der Waals surface area contributed by atoms with E-state index in [0.29, 0.717) is 11.3 Å². The maximum absolute atomic E-state index is 12.1. The van der Waals surface area contributed by atoms with Crippen LogP contribution in [0.4, 0.5) is 0 Å². The van der Waals surface area contributed by atoms with E-state index in [-0.39, 0.29) is 11.9 Å². The topological polar surface area (TPSA) is 44.4 Å². The van der Waals surface area contributed by atoms with Gasteiger partial charge in [0.25, 0.3) is 0 Å². The van der Waals surface area contributed by atoms with E-state index in [0.717, 1.165) is 32.5 Å². The molecule has 0 saturated carbocycles. The summed E-state index contributed by atoms with van der Waals surface area (Å²) in [5, 5.41) is 6.44. The molecule has 0 aromatic rings. The fraction of sp³-hybridized carbons (Fsp3) is 0.944. The van der Waals surface area contributed by atoms with E-state index in [1.54, 1.807) is 0 Å². The summed E-state index contributed by atoms with van der Waals surface area (Å²) in [5.41, 5.74) is 0.454. The fourth-order valence-corrected chi connectivity index (χ4v) is 3.44. The monoisotopic (exact) mass is 309 g/mol. The number of rotatable bonds is 7. The molecule has 2 unspecified atom stereocenters. The number of amides is 1. The minimum Gasteiger partial charge on any atom is -0.354 e. The van der Waals surface area contributed by atoms with Gasteiger partial charge in [0.1, 0.15) is 0 Å². The highest BCUT2D eigenvalue weighted by Gasteiger charge is 2.25. The van der Waals surface area contributed by atoms with Crippen LogP contribution in [-0.4, -0.2) is 49.6 Å². The molecule has 2 fully saturated rings. The Kier molecular flexibility index (Phi) is 6.69. The molecular formula is C18H35N3O. The highest BCUT2D eigenvalue weighted by Crippen LogP contribution is 2.26. The second-order valence-corrected chi connectivity index (χ2v) is 7.97. The molecule has 128 valence electrons. The lowest BCUT2D eigenvalue weighted by atomic mass is 9.86. The summed E-state index contributed by atoms with van der Waals surface area (Å²) in [7, 11) is 0. The maximum atomic E-state index is 12.1. The van der Waals surface area contributed by atoms with E-state index in [4.69, 9.17) is 0 Å². The molecule has 0 bridgehead atoms. The molecule has 2 aliphatic rings. The Morgan fingerprint density at radius 1 is 1.32 bits per heavy atom. The summed E-state index contributed by atoms with van der Waals surface area (Å²) < 4.78 is 0. The average Bonchev–Trinajstić information content (AvgIpc) is 3.06. The van der Waals surface area contributed by atoms with E-state index in [2.05, 4.69) is 36.3 Å². The van der Waals surface area contributed by atoms with Crippen molar-refractivity contribution in [3.8, 4) is 0 Å². The first kappa shape index (κ1) is 17.7. The highest BCUT2D eigenvalue weighted by atomic mass is 16.2. The molecule has 1 amide bonds. The zero-order chi connectivity index (χ0) is 16.0. The summed E-state index contributed by atoms with van der Waals surface area (Å²) in [6.45, 7) is 12.4. The third-order valence-electron chi connectivity index (χ3n) is 5.61. The van der Waals surface area contributed by atoms with Gasteiger partial charge in [-0.2, -0.15) is 0 Å². The molecule has 2 rings (SSSR count). The van der Waals surface area contributed by atoms with Crippen LogP contribution in [-0.2, 0) is 4.79 Å². The van der Waals surface area contributed by atoms with Crippen LogP contribution in [0.1, 0.15) is 59.3 Å². The molecule has 2 heterocycles. The minimum atomic E-state index is 0.0602. The standard InChI is InChI=1S/C18H35N3O/c1-4-18(2,3)9-12-21-11-6-7-15(14-21)13-20-17(22)16-8-5-10-19-16/h15-16,19H,4-14H2,1-3H3,(H,20,22). The van der Waals surface area contributed by atoms with Crippen LogP contribution in [0.3, 0.4) is 0 Å². The van der Waals surface area contributed by atoms with Gasteiger partial charge in [0, 0.05) is 13.1 Å². The Bertz CT molecular complexity index is 350. The molecule has 0 aromatic carbocycles. The fourth-order valence-electron chi connectivity index (χ4n) is 3.44. The van der Waals surface area contributed by atoms with E-state index >= 15 is 0 Å². The molecule has 4 heteroatoms. The molecule has 2 atom stereocenters. The van der Waals surface area contributed by atoms with Crippen molar-refractivity contribution in [2.75, 3.05) is 32.7 Å². The molecule has 0 aliphatic carbocycles. The number of carbonyl (C=O) groups excluding carboxylic acids is 1. The summed E-state index contributed by atoms with van der Waals surface area (Å²) in [6.07, 6.45) is 7.17. The van der Waals surface area contributed by atoms with Gasteiger partial charge in [-0.1, -0.05) is 27.2 Å².